The minimum atomic E-state index is -3.02. The van der Waals surface area contributed by atoms with Crippen LogP contribution in [-0.2, 0) is 14.6 Å². The predicted molar refractivity (Wildman–Crippen MR) is 60.2 cm³/mol. The number of carbonyl (C=O) groups is 1. The summed E-state index contributed by atoms with van der Waals surface area (Å²) in [5, 5.41) is 2.51. The number of sulfone groups is 1. The minimum absolute atomic E-state index is 0.0277. The van der Waals surface area contributed by atoms with Crippen molar-refractivity contribution < 1.29 is 13.2 Å². The highest BCUT2D eigenvalue weighted by Gasteiger charge is 2.17. The summed E-state index contributed by atoms with van der Waals surface area (Å²) in [6.45, 7) is 5.40. The van der Waals surface area contributed by atoms with Gasteiger partial charge in [0.1, 0.15) is 0 Å². The summed E-state index contributed by atoms with van der Waals surface area (Å²) in [5.74, 6) is -0.178. The normalized spacial score (nSPS) is 13.9. The van der Waals surface area contributed by atoms with E-state index in [-0.39, 0.29) is 29.9 Å². The van der Waals surface area contributed by atoms with Gasteiger partial charge in [0.15, 0.2) is 9.84 Å². The molecule has 0 aliphatic rings. The minimum Gasteiger partial charge on any atom is -0.354 e. The van der Waals surface area contributed by atoms with Crippen LogP contribution in [0.4, 0.5) is 0 Å². The maximum absolute atomic E-state index is 11.3. The van der Waals surface area contributed by atoms with E-state index >= 15 is 0 Å². The van der Waals surface area contributed by atoms with Gasteiger partial charge in [-0.15, -0.1) is 0 Å². The summed E-state index contributed by atoms with van der Waals surface area (Å²) in [4.78, 5) is 11.3. The van der Waals surface area contributed by atoms with Gasteiger partial charge in [-0.2, -0.15) is 0 Å². The Balaban J connectivity index is 3.93. The van der Waals surface area contributed by atoms with Crippen molar-refractivity contribution in [3.05, 3.63) is 0 Å². The van der Waals surface area contributed by atoms with Crippen molar-refractivity contribution in [1.82, 2.24) is 5.32 Å². The fourth-order valence-corrected chi connectivity index (χ4v) is 1.60. The second-order valence-electron chi connectivity index (χ2n) is 3.80. The molecule has 1 amide bonds. The SMILES string of the molecule is CCS(=O)(=O)CCNC(=O)[C@@H](N)C(C)C. The summed E-state index contributed by atoms with van der Waals surface area (Å²) >= 11 is 0. The molecule has 1 atom stereocenters. The molecule has 0 bridgehead atoms. The Kier molecular flexibility index (Phi) is 5.82. The summed E-state index contributed by atoms with van der Waals surface area (Å²) < 4.78 is 22.2. The van der Waals surface area contributed by atoms with Crippen molar-refractivity contribution in [3.63, 3.8) is 0 Å². The van der Waals surface area contributed by atoms with Gasteiger partial charge in [-0.25, -0.2) is 8.42 Å². The second-order valence-corrected chi connectivity index (χ2v) is 6.27. The molecule has 0 aliphatic carbocycles. The van der Waals surface area contributed by atoms with Crippen molar-refractivity contribution in [3.8, 4) is 0 Å². The average molecular weight is 236 g/mol. The lowest BCUT2D eigenvalue weighted by Gasteiger charge is -2.15. The van der Waals surface area contributed by atoms with E-state index in [0.29, 0.717) is 0 Å². The van der Waals surface area contributed by atoms with Crippen LogP contribution in [0.3, 0.4) is 0 Å². The maximum Gasteiger partial charge on any atom is 0.237 e. The molecule has 0 aliphatic heterocycles. The molecule has 0 saturated carbocycles. The maximum atomic E-state index is 11.3. The smallest absolute Gasteiger partial charge is 0.237 e. The van der Waals surface area contributed by atoms with Crippen LogP contribution in [0.2, 0.25) is 0 Å². The summed E-state index contributed by atoms with van der Waals surface area (Å²) in [6.07, 6.45) is 0. The standard InChI is InChI=1S/C9H20N2O3S/c1-4-15(13,14)6-5-11-9(12)8(10)7(2)3/h7-8H,4-6,10H2,1-3H3,(H,11,12)/t8-/m0/s1. The highest BCUT2D eigenvalue weighted by atomic mass is 32.2. The van der Waals surface area contributed by atoms with Gasteiger partial charge in [-0.1, -0.05) is 20.8 Å². The molecule has 0 heterocycles. The van der Waals surface area contributed by atoms with Gasteiger partial charge in [0.05, 0.1) is 11.8 Å². The Hall–Kier alpha value is -0.620. The van der Waals surface area contributed by atoms with E-state index in [9.17, 15) is 13.2 Å². The monoisotopic (exact) mass is 236 g/mol. The van der Waals surface area contributed by atoms with Crippen LogP contribution in [0.25, 0.3) is 0 Å². The van der Waals surface area contributed by atoms with Gasteiger partial charge >= 0.3 is 0 Å². The number of carbonyl (C=O) groups excluding carboxylic acids is 1. The molecular formula is C9H20N2O3S. The van der Waals surface area contributed by atoms with Crippen LogP contribution in [0.1, 0.15) is 20.8 Å². The van der Waals surface area contributed by atoms with E-state index in [0.717, 1.165) is 0 Å². The van der Waals surface area contributed by atoms with Gasteiger partial charge in [0.25, 0.3) is 0 Å². The lowest BCUT2D eigenvalue weighted by atomic mass is 10.1. The van der Waals surface area contributed by atoms with Crippen molar-refractivity contribution in [2.75, 3.05) is 18.1 Å². The first-order valence-corrected chi connectivity index (χ1v) is 6.86. The summed E-state index contributed by atoms with van der Waals surface area (Å²) in [6, 6.07) is -0.575. The van der Waals surface area contributed by atoms with Crippen LogP contribution in [0.15, 0.2) is 0 Å². The third kappa shape index (κ3) is 5.74. The zero-order valence-corrected chi connectivity index (χ0v) is 10.3. The lowest BCUT2D eigenvalue weighted by molar-refractivity contribution is -0.123. The highest BCUT2D eigenvalue weighted by molar-refractivity contribution is 7.91. The van der Waals surface area contributed by atoms with Crippen LogP contribution in [-0.4, -0.2) is 38.4 Å². The number of amides is 1. The molecule has 0 radical (unpaired) electrons. The molecule has 0 fully saturated rings. The highest BCUT2D eigenvalue weighted by Crippen LogP contribution is 1.97. The first-order valence-electron chi connectivity index (χ1n) is 5.04. The van der Waals surface area contributed by atoms with E-state index in [4.69, 9.17) is 5.73 Å². The van der Waals surface area contributed by atoms with Gasteiger partial charge in [0, 0.05) is 12.3 Å². The van der Waals surface area contributed by atoms with Crippen LogP contribution in [0.5, 0.6) is 0 Å². The Labute approximate surface area is 91.3 Å². The average Bonchev–Trinajstić information content (AvgIpc) is 2.16. The van der Waals surface area contributed by atoms with E-state index in [2.05, 4.69) is 5.32 Å². The molecule has 90 valence electrons. The fourth-order valence-electron chi connectivity index (χ4n) is 0.895. The van der Waals surface area contributed by atoms with Crippen molar-refractivity contribution in [2.45, 2.75) is 26.8 Å². The number of nitrogens with two attached hydrogens (primary N) is 1. The number of nitrogens with one attached hydrogen (secondary N) is 1. The molecule has 0 aromatic rings. The van der Waals surface area contributed by atoms with Gasteiger partial charge in [-0.05, 0) is 5.92 Å². The van der Waals surface area contributed by atoms with Crippen molar-refractivity contribution >= 4 is 15.7 Å². The predicted octanol–water partition coefficient (Wildman–Crippen LogP) is -0.479. The summed E-state index contributed by atoms with van der Waals surface area (Å²) in [5.41, 5.74) is 5.58. The zero-order chi connectivity index (χ0) is 12.1. The van der Waals surface area contributed by atoms with Crippen LogP contribution < -0.4 is 11.1 Å². The third-order valence-corrected chi connectivity index (χ3v) is 3.88. The number of hydrogen-bond acceptors (Lipinski definition) is 4. The van der Waals surface area contributed by atoms with E-state index in [1.165, 1.54) is 0 Å². The molecular weight excluding hydrogens is 216 g/mol. The fraction of sp³-hybridized carbons (Fsp3) is 0.889. The summed E-state index contributed by atoms with van der Waals surface area (Å²) in [7, 11) is -3.02. The van der Waals surface area contributed by atoms with Crippen LogP contribution in [0, 0.1) is 5.92 Å². The Morgan fingerprint density at radius 2 is 1.93 bits per heavy atom. The van der Waals surface area contributed by atoms with E-state index < -0.39 is 15.9 Å². The molecule has 0 aromatic heterocycles. The van der Waals surface area contributed by atoms with Crippen LogP contribution >= 0.6 is 0 Å². The zero-order valence-electron chi connectivity index (χ0n) is 9.49. The Bertz CT molecular complexity index is 298. The van der Waals surface area contributed by atoms with E-state index in [1.54, 1.807) is 6.92 Å². The van der Waals surface area contributed by atoms with Crippen molar-refractivity contribution in [1.29, 1.82) is 0 Å². The van der Waals surface area contributed by atoms with Gasteiger partial charge in [-0.3, -0.25) is 4.79 Å². The lowest BCUT2D eigenvalue weighted by Crippen LogP contribution is -2.45. The van der Waals surface area contributed by atoms with Crippen molar-refractivity contribution in [2.24, 2.45) is 11.7 Å². The quantitative estimate of drug-likeness (QED) is 0.652. The molecule has 0 rings (SSSR count). The molecule has 0 spiro atoms. The molecule has 0 saturated heterocycles. The second kappa shape index (κ2) is 6.07. The number of rotatable bonds is 6. The van der Waals surface area contributed by atoms with Gasteiger partial charge < -0.3 is 11.1 Å². The largest absolute Gasteiger partial charge is 0.354 e. The third-order valence-electron chi connectivity index (χ3n) is 2.17. The first-order chi connectivity index (χ1) is 6.80. The Morgan fingerprint density at radius 1 is 1.40 bits per heavy atom. The molecule has 0 unspecified atom stereocenters. The molecule has 3 N–H and O–H groups in total. The molecule has 0 aromatic carbocycles. The first kappa shape index (κ1) is 14.4. The van der Waals surface area contributed by atoms with Gasteiger partial charge in [0.2, 0.25) is 5.91 Å². The Morgan fingerprint density at radius 3 is 2.33 bits per heavy atom. The van der Waals surface area contributed by atoms with E-state index in [1.807, 2.05) is 13.8 Å². The molecule has 15 heavy (non-hydrogen) atoms. The molecule has 6 heteroatoms. The molecule has 5 nitrogen and oxygen atoms in total. The number of hydrogen-bond donors (Lipinski definition) is 2. The topological polar surface area (TPSA) is 89.3 Å².